The van der Waals surface area contributed by atoms with Crippen LogP contribution in [0.15, 0.2) is 38.2 Å². The fourth-order valence-corrected chi connectivity index (χ4v) is 4.23. The van der Waals surface area contributed by atoms with Gasteiger partial charge in [-0.1, -0.05) is 0 Å². The summed E-state index contributed by atoms with van der Waals surface area (Å²) in [6.45, 7) is 2.92. The average Bonchev–Trinajstić information content (AvgIpc) is 3.47. The van der Waals surface area contributed by atoms with Crippen LogP contribution in [0.25, 0.3) is 0 Å². The molecule has 0 aromatic carbocycles. The number of nitro groups is 2. The van der Waals surface area contributed by atoms with Gasteiger partial charge in [-0.3, -0.25) is 20.2 Å². The zero-order valence-electron chi connectivity index (χ0n) is 17.1. The first-order valence-corrected chi connectivity index (χ1v) is 10.2. The van der Waals surface area contributed by atoms with Crippen molar-refractivity contribution in [3.05, 3.63) is 56.0 Å². The molecule has 170 valence electrons. The molecule has 4 heterocycles. The largest absolute Gasteiger partial charge is 0.437 e. The lowest BCUT2D eigenvalue weighted by molar-refractivity contribution is -0.948. The molecular formula is C19H22N5O8+. The van der Waals surface area contributed by atoms with Gasteiger partial charge in [-0.15, -0.1) is 0 Å². The van der Waals surface area contributed by atoms with Gasteiger partial charge in [0.05, 0.1) is 38.0 Å². The van der Waals surface area contributed by atoms with Gasteiger partial charge in [-0.05, 0) is 31.4 Å². The highest BCUT2D eigenvalue weighted by Crippen LogP contribution is 2.28. The maximum Gasteiger partial charge on any atom is 0.433 e. The number of hydrogen-bond acceptors (Lipinski definition) is 9. The summed E-state index contributed by atoms with van der Waals surface area (Å²) in [6, 6.07) is 5.56. The van der Waals surface area contributed by atoms with E-state index in [2.05, 4.69) is 5.10 Å². The number of piperidine rings is 1. The summed E-state index contributed by atoms with van der Waals surface area (Å²) in [4.78, 5) is 32.7. The van der Waals surface area contributed by atoms with Crippen molar-refractivity contribution in [3.63, 3.8) is 0 Å². The van der Waals surface area contributed by atoms with Crippen LogP contribution in [0.3, 0.4) is 0 Å². The monoisotopic (exact) mass is 448 g/mol. The molecule has 1 amide bonds. The molecular weight excluding hydrogens is 426 g/mol. The average molecular weight is 448 g/mol. The Morgan fingerprint density at radius 3 is 2.41 bits per heavy atom. The van der Waals surface area contributed by atoms with E-state index in [0.717, 1.165) is 37.4 Å². The standard InChI is InChI=1S/C19H22N5O8/c25-19-21(20-10-14-4-6-17(30-14)22(26)27)11-16(32-19)13-24(8-2-1-3-9-24)12-15-5-7-18(31-15)23(28)29/h4-7,10,16H,1-3,8-9,11-13H2/q+1/b20-10+. The number of hydrazone groups is 1. The van der Waals surface area contributed by atoms with Gasteiger partial charge in [0.2, 0.25) is 0 Å². The Morgan fingerprint density at radius 2 is 1.75 bits per heavy atom. The maximum atomic E-state index is 12.3. The van der Waals surface area contributed by atoms with Gasteiger partial charge in [0.1, 0.15) is 22.9 Å². The van der Waals surface area contributed by atoms with Gasteiger partial charge < -0.3 is 18.1 Å². The predicted octanol–water partition coefficient (Wildman–Crippen LogP) is 3.04. The highest BCUT2D eigenvalue weighted by Gasteiger charge is 2.41. The van der Waals surface area contributed by atoms with Crippen LogP contribution in [0.4, 0.5) is 16.6 Å². The summed E-state index contributed by atoms with van der Waals surface area (Å²) in [5.41, 5.74) is 0. The van der Waals surface area contributed by atoms with Gasteiger partial charge in [-0.2, -0.15) is 10.1 Å². The Kier molecular flexibility index (Phi) is 5.90. The van der Waals surface area contributed by atoms with Crippen molar-refractivity contribution in [3.8, 4) is 0 Å². The highest BCUT2D eigenvalue weighted by atomic mass is 16.7. The summed E-state index contributed by atoms with van der Waals surface area (Å²) in [6.07, 6.45) is 3.30. The molecule has 32 heavy (non-hydrogen) atoms. The van der Waals surface area contributed by atoms with E-state index in [1.807, 2.05) is 0 Å². The fourth-order valence-electron chi connectivity index (χ4n) is 4.23. The molecule has 2 aromatic rings. The van der Waals surface area contributed by atoms with Crippen LogP contribution in [0.2, 0.25) is 0 Å². The number of nitrogens with zero attached hydrogens (tertiary/aromatic N) is 5. The summed E-state index contributed by atoms with van der Waals surface area (Å²) in [7, 11) is 0. The number of rotatable bonds is 8. The maximum absolute atomic E-state index is 12.3. The molecule has 0 spiro atoms. The minimum Gasteiger partial charge on any atom is -0.437 e. The number of furan rings is 2. The van der Waals surface area contributed by atoms with Crippen molar-refractivity contribution in [1.29, 1.82) is 0 Å². The molecule has 2 aliphatic rings. The second-order valence-corrected chi connectivity index (χ2v) is 7.95. The smallest absolute Gasteiger partial charge is 0.433 e. The fraction of sp³-hybridized carbons (Fsp3) is 0.474. The number of amides is 1. The number of likely N-dealkylation sites (tertiary alicyclic amines) is 1. The number of carbonyl (C=O) groups excluding carboxylic acids is 1. The van der Waals surface area contributed by atoms with Crippen molar-refractivity contribution < 1.29 is 32.7 Å². The minimum absolute atomic E-state index is 0.145. The highest BCUT2D eigenvalue weighted by molar-refractivity contribution is 5.78. The summed E-state index contributed by atoms with van der Waals surface area (Å²) in [5, 5.41) is 26.8. The third-order valence-electron chi connectivity index (χ3n) is 5.65. The van der Waals surface area contributed by atoms with Crippen molar-refractivity contribution in [2.75, 3.05) is 26.2 Å². The lowest BCUT2D eigenvalue weighted by Gasteiger charge is -2.41. The van der Waals surface area contributed by atoms with E-state index < -0.39 is 27.9 Å². The molecule has 0 saturated carbocycles. The lowest BCUT2D eigenvalue weighted by Crippen LogP contribution is -2.54. The van der Waals surface area contributed by atoms with E-state index in [0.29, 0.717) is 23.3 Å². The summed E-state index contributed by atoms with van der Waals surface area (Å²) < 4.78 is 16.5. The van der Waals surface area contributed by atoms with Crippen molar-refractivity contribution in [2.45, 2.75) is 31.9 Å². The quantitative estimate of drug-likeness (QED) is 0.258. The first kappa shape index (κ1) is 21.5. The Labute approximate surface area is 181 Å². The van der Waals surface area contributed by atoms with E-state index >= 15 is 0 Å². The molecule has 1 unspecified atom stereocenters. The molecule has 4 rings (SSSR count). The zero-order valence-corrected chi connectivity index (χ0v) is 17.1. The lowest BCUT2D eigenvalue weighted by atomic mass is 10.1. The van der Waals surface area contributed by atoms with Crippen molar-refractivity contribution in [1.82, 2.24) is 5.01 Å². The molecule has 2 fully saturated rings. The molecule has 0 bridgehead atoms. The van der Waals surface area contributed by atoms with Gasteiger partial charge in [-0.25, -0.2) is 4.79 Å². The van der Waals surface area contributed by atoms with Crippen LogP contribution in [0.1, 0.15) is 30.8 Å². The summed E-state index contributed by atoms with van der Waals surface area (Å²) >= 11 is 0. The van der Waals surface area contributed by atoms with Crippen LogP contribution in [0, 0.1) is 20.2 Å². The third kappa shape index (κ3) is 4.77. The van der Waals surface area contributed by atoms with Crippen molar-refractivity contribution in [2.24, 2.45) is 5.10 Å². The topological polar surface area (TPSA) is 154 Å². The van der Waals surface area contributed by atoms with E-state index in [1.165, 1.54) is 24.4 Å². The molecule has 13 nitrogen and oxygen atoms in total. The van der Waals surface area contributed by atoms with Crippen molar-refractivity contribution >= 4 is 24.1 Å². The number of ether oxygens (including phenoxy) is 1. The Bertz CT molecular complexity index is 1040. The number of cyclic esters (lactones) is 1. The van der Waals surface area contributed by atoms with E-state index in [1.54, 1.807) is 6.07 Å². The van der Waals surface area contributed by atoms with Crippen LogP contribution in [-0.4, -0.2) is 63.9 Å². The zero-order chi connectivity index (χ0) is 22.7. The van der Waals surface area contributed by atoms with Crippen LogP contribution in [-0.2, 0) is 11.3 Å². The molecule has 13 heteroatoms. The Hall–Kier alpha value is -3.74. The van der Waals surface area contributed by atoms with E-state index in [4.69, 9.17) is 13.6 Å². The molecule has 0 aliphatic carbocycles. The van der Waals surface area contributed by atoms with Gasteiger partial charge >= 0.3 is 17.9 Å². The molecule has 0 radical (unpaired) electrons. The number of carbonyl (C=O) groups is 1. The molecule has 2 aromatic heterocycles. The Balaban J connectivity index is 1.42. The minimum atomic E-state index is -0.660. The van der Waals surface area contributed by atoms with Gasteiger partial charge in [0.25, 0.3) is 0 Å². The second kappa shape index (κ2) is 8.78. The van der Waals surface area contributed by atoms with Gasteiger partial charge in [0.15, 0.2) is 17.6 Å². The summed E-state index contributed by atoms with van der Waals surface area (Å²) in [5.74, 6) is -0.0340. The molecule has 0 N–H and O–H groups in total. The van der Waals surface area contributed by atoms with Crippen LogP contribution in [0.5, 0.6) is 0 Å². The first-order valence-electron chi connectivity index (χ1n) is 10.2. The molecule has 2 aliphatic heterocycles. The van der Waals surface area contributed by atoms with E-state index in [9.17, 15) is 25.0 Å². The predicted molar refractivity (Wildman–Crippen MR) is 108 cm³/mol. The normalized spacial score (nSPS) is 20.6. The molecule has 1 atom stereocenters. The number of quaternary nitrogens is 1. The van der Waals surface area contributed by atoms with Crippen LogP contribution >= 0.6 is 0 Å². The SMILES string of the molecule is O=C1OC(C[N+]2(Cc3ccc([N+](=O)[O-])o3)CCCCC2)CN1/N=C/c1ccc([N+](=O)[O-])o1. The van der Waals surface area contributed by atoms with Crippen LogP contribution < -0.4 is 0 Å². The first-order chi connectivity index (χ1) is 15.3. The molecule has 2 saturated heterocycles. The van der Waals surface area contributed by atoms with Gasteiger partial charge in [0, 0.05) is 0 Å². The Morgan fingerprint density at radius 1 is 1.06 bits per heavy atom. The number of hydrogen-bond donors (Lipinski definition) is 0. The third-order valence-corrected chi connectivity index (χ3v) is 5.65. The second-order valence-electron chi connectivity index (χ2n) is 7.95. The van der Waals surface area contributed by atoms with E-state index in [-0.39, 0.29) is 18.2 Å².